The van der Waals surface area contributed by atoms with Gasteiger partial charge in [-0.05, 0) is 32.0 Å². The molecule has 1 aromatic carbocycles. The van der Waals surface area contributed by atoms with Crippen molar-refractivity contribution in [2.45, 2.75) is 45.0 Å². The number of benzene rings is 1. The molecule has 2 rings (SSSR count). The molecule has 0 bridgehead atoms. The minimum atomic E-state index is -4.09. The Morgan fingerprint density at radius 1 is 1.38 bits per heavy atom. The molecule has 0 radical (unpaired) electrons. The highest BCUT2D eigenvalue weighted by Crippen LogP contribution is 2.34. The first-order chi connectivity index (χ1) is 9.89. The summed E-state index contributed by atoms with van der Waals surface area (Å²) in [4.78, 5) is 0. The number of nitrogens with one attached hydrogen (secondary N) is 1. The number of methoxy groups -OCH3 is 1. The number of halogens is 3. The van der Waals surface area contributed by atoms with E-state index in [1.807, 2.05) is 19.1 Å². The van der Waals surface area contributed by atoms with E-state index in [4.69, 9.17) is 9.47 Å². The lowest BCUT2D eigenvalue weighted by atomic mass is 10.1. The second-order valence-electron chi connectivity index (χ2n) is 5.30. The Labute approximate surface area is 122 Å². The average molecular weight is 303 g/mol. The van der Waals surface area contributed by atoms with E-state index in [9.17, 15) is 13.2 Å². The molecule has 1 N–H and O–H groups in total. The normalized spacial score (nSPS) is 17.5. The molecule has 118 valence electrons. The molecule has 0 aliphatic carbocycles. The van der Waals surface area contributed by atoms with Crippen LogP contribution in [0.1, 0.15) is 30.9 Å². The van der Waals surface area contributed by atoms with Crippen LogP contribution in [0.2, 0.25) is 0 Å². The monoisotopic (exact) mass is 303 g/mol. The zero-order valence-electron chi connectivity index (χ0n) is 12.2. The predicted molar refractivity (Wildman–Crippen MR) is 73.8 cm³/mol. The smallest absolute Gasteiger partial charge is 0.389 e. The number of fused-ring (bicyclic) bond motifs is 1. The molecule has 0 saturated carbocycles. The Morgan fingerprint density at radius 2 is 2.14 bits per heavy atom. The van der Waals surface area contributed by atoms with Crippen LogP contribution in [0.4, 0.5) is 13.2 Å². The van der Waals surface area contributed by atoms with Gasteiger partial charge in [-0.25, -0.2) is 0 Å². The number of alkyl halides is 3. The first-order valence-electron chi connectivity index (χ1n) is 7.03. The first-order valence-corrected chi connectivity index (χ1v) is 7.03. The lowest BCUT2D eigenvalue weighted by Gasteiger charge is -2.12. The summed E-state index contributed by atoms with van der Waals surface area (Å²) >= 11 is 0. The van der Waals surface area contributed by atoms with Gasteiger partial charge in [0.1, 0.15) is 17.6 Å². The molecule has 1 aliphatic rings. The van der Waals surface area contributed by atoms with Gasteiger partial charge in [0.25, 0.3) is 0 Å². The van der Waals surface area contributed by atoms with E-state index in [-0.39, 0.29) is 12.5 Å². The molecule has 6 heteroatoms. The summed E-state index contributed by atoms with van der Waals surface area (Å²) in [6, 6.07) is 3.86. The Kier molecular flexibility index (Phi) is 4.98. The summed E-state index contributed by atoms with van der Waals surface area (Å²) < 4.78 is 47.2. The summed E-state index contributed by atoms with van der Waals surface area (Å²) in [6.07, 6.45) is -3.77. The van der Waals surface area contributed by atoms with Gasteiger partial charge in [0.2, 0.25) is 0 Å². The molecule has 0 spiro atoms. The second kappa shape index (κ2) is 6.56. The number of rotatable bonds is 6. The van der Waals surface area contributed by atoms with Gasteiger partial charge in [-0.15, -0.1) is 0 Å². The van der Waals surface area contributed by atoms with Crippen molar-refractivity contribution in [3.05, 3.63) is 23.3 Å². The molecule has 1 aliphatic heterocycles. The van der Waals surface area contributed by atoms with E-state index in [2.05, 4.69) is 5.32 Å². The van der Waals surface area contributed by atoms with Crippen LogP contribution in [0.25, 0.3) is 0 Å². The summed E-state index contributed by atoms with van der Waals surface area (Å²) in [6.45, 7) is 2.78. The topological polar surface area (TPSA) is 30.5 Å². The maximum absolute atomic E-state index is 12.0. The van der Waals surface area contributed by atoms with Gasteiger partial charge in [-0.1, -0.05) is 0 Å². The minimum absolute atomic E-state index is 0.0737. The van der Waals surface area contributed by atoms with Crippen molar-refractivity contribution < 1.29 is 22.6 Å². The van der Waals surface area contributed by atoms with E-state index in [1.165, 1.54) is 0 Å². The summed E-state index contributed by atoms with van der Waals surface area (Å²) in [5.74, 6) is 1.59. The Morgan fingerprint density at radius 3 is 2.81 bits per heavy atom. The van der Waals surface area contributed by atoms with Crippen LogP contribution in [0, 0.1) is 0 Å². The van der Waals surface area contributed by atoms with Crippen LogP contribution in [-0.2, 0) is 13.0 Å². The van der Waals surface area contributed by atoms with Crippen molar-refractivity contribution in [1.82, 2.24) is 5.32 Å². The van der Waals surface area contributed by atoms with Crippen LogP contribution >= 0.6 is 0 Å². The van der Waals surface area contributed by atoms with Crippen LogP contribution in [0.15, 0.2) is 12.1 Å². The van der Waals surface area contributed by atoms with Crippen molar-refractivity contribution in [3.8, 4) is 11.5 Å². The van der Waals surface area contributed by atoms with Crippen molar-refractivity contribution in [3.63, 3.8) is 0 Å². The Bertz CT molecular complexity index is 489. The Balaban J connectivity index is 1.90. The van der Waals surface area contributed by atoms with E-state index < -0.39 is 12.6 Å². The molecular formula is C15H20F3NO2. The molecule has 0 saturated heterocycles. The summed E-state index contributed by atoms with van der Waals surface area (Å²) in [7, 11) is 1.59. The van der Waals surface area contributed by atoms with Gasteiger partial charge in [-0.3, -0.25) is 0 Å². The molecular weight excluding hydrogens is 283 g/mol. The van der Waals surface area contributed by atoms with Crippen molar-refractivity contribution in [2.75, 3.05) is 13.7 Å². The third kappa shape index (κ3) is 4.52. The second-order valence-corrected chi connectivity index (χ2v) is 5.30. The van der Waals surface area contributed by atoms with E-state index in [0.29, 0.717) is 13.1 Å². The molecule has 0 fully saturated rings. The molecule has 0 amide bonds. The third-order valence-electron chi connectivity index (χ3n) is 3.43. The van der Waals surface area contributed by atoms with Crippen molar-refractivity contribution in [1.29, 1.82) is 0 Å². The third-order valence-corrected chi connectivity index (χ3v) is 3.43. The SMILES string of the molecule is COc1cc2c(cc1CNCCCC(F)(F)F)OC(C)C2. The van der Waals surface area contributed by atoms with Crippen LogP contribution in [-0.4, -0.2) is 25.9 Å². The van der Waals surface area contributed by atoms with Gasteiger partial charge in [-0.2, -0.15) is 13.2 Å². The van der Waals surface area contributed by atoms with Gasteiger partial charge in [0, 0.05) is 30.5 Å². The number of ether oxygens (including phenoxy) is 2. The lowest BCUT2D eigenvalue weighted by molar-refractivity contribution is -0.135. The van der Waals surface area contributed by atoms with Crippen molar-refractivity contribution >= 4 is 0 Å². The molecule has 1 aromatic rings. The van der Waals surface area contributed by atoms with Gasteiger partial charge >= 0.3 is 6.18 Å². The maximum Gasteiger partial charge on any atom is 0.389 e. The number of hydrogen-bond donors (Lipinski definition) is 1. The lowest BCUT2D eigenvalue weighted by Crippen LogP contribution is -2.18. The standard InChI is InChI=1S/C15H20F3NO2/c1-10-6-11-7-13(20-2)12(8-14(11)21-10)9-19-5-3-4-15(16,17)18/h7-8,10,19H,3-6,9H2,1-2H3. The highest BCUT2D eigenvalue weighted by Gasteiger charge is 2.26. The van der Waals surface area contributed by atoms with E-state index in [0.717, 1.165) is 29.0 Å². The minimum Gasteiger partial charge on any atom is -0.496 e. The molecule has 1 unspecified atom stereocenters. The van der Waals surface area contributed by atoms with E-state index >= 15 is 0 Å². The van der Waals surface area contributed by atoms with Gasteiger partial charge in [0.15, 0.2) is 0 Å². The quantitative estimate of drug-likeness (QED) is 0.817. The zero-order valence-corrected chi connectivity index (χ0v) is 12.2. The molecule has 1 atom stereocenters. The number of hydrogen-bond acceptors (Lipinski definition) is 3. The highest BCUT2D eigenvalue weighted by atomic mass is 19.4. The van der Waals surface area contributed by atoms with Crippen molar-refractivity contribution in [2.24, 2.45) is 0 Å². The zero-order chi connectivity index (χ0) is 15.5. The fourth-order valence-electron chi connectivity index (χ4n) is 2.45. The highest BCUT2D eigenvalue weighted by molar-refractivity contribution is 5.48. The van der Waals surface area contributed by atoms with Crippen LogP contribution in [0.5, 0.6) is 11.5 Å². The molecule has 3 nitrogen and oxygen atoms in total. The molecule has 21 heavy (non-hydrogen) atoms. The first kappa shape index (κ1) is 15.9. The van der Waals surface area contributed by atoms with E-state index in [1.54, 1.807) is 7.11 Å². The summed E-state index contributed by atoms with van der Waals surface area (Å²) in [5, 5.41) is 3.02. The largest absolute Gasteiger partial charge is 0.496 e. The molecule has 1 heterocycles. The fourth-order valence-corrected chi connectivity index (χ4v) is 2.45. The fraction of sp³-hybridized carbons (Fsp3) is 0.600. The van der Waals surface area contributed by atoms with Crippen LogP contribution in [0.3, 0.4) is 0 Å². The van der Waals surface area contributed by atoms with Gasteiger partial charge < -0.3 is 14.8 Å². The van der Waals surface area contributed by atoms with Gasteiger partial charge in [0.05, 0.1) is 7.11 Å². The Hall–Kier alpha value is -1.43. The maximum atomic E-state index is 12.0. The predicted octanol–water partition coefficient (Wildman–Crippen LogP) is 3.45. The molecule has 0 aromatic heterocycles. The van der Waals surface area contributed by atoms with Crippen LogP contribution < -0.4 is 14.8 Å². The average Bonchev–Trinajstić information content (AvgIpc) is 2.75. The summed E-state index contributed by atoms with van der Waals surface area (Å²) in [5.41, 5.74) is 2.01.